The van der Waals surface area contributed by atoms with E-state index in [-0.39, 0.29) is 16.6 Å². The molecule has 1 saturated heterocycles. The molecule has 1 N–H and O–H groups in total. The maximum absolute atomic E-state index is 11.9. The number of nitrogens with zero attached hydrogens (tertiary/aromatic N) is 1. The first kappa shape index (κ1) is 17.9. The van der Waals surface area contributed by atoms with Gasteiger partial charge in [-0.3, -0.25) is 9.59 Å². The second-order valence-corrected chi connectivity index (χ2v) is 8.72. The Morgan fingerprint density at radius 3 is 2.70 bits per heavy atom. The number of carbonyl (C=O) groups is 2. The number of nitrogens with one attached hydrogen (secondary N) is 1. The lowest BCUT2D eigenvalue weighted by Gasteiger charge is -2.17. The number of carbonyl (C=O) groups excluding carboxylic acids is 2. The lowest BCUT2D eigenvalue weighted by Crippen LogP contribution is -2.27. The topological polar surface area (TPSA) is 49.4 Å². The largest absolute Gasteiger partial charge is 0.351 e. The summed E-state index contributed by atoms with van der Waals surface area (Å²) in [5.41, 5.74) is 2.19. The monoisotopic (exact) mass is 334 g/mol. The van der Waals surface area contributed by atoms with E-state index in [2.05, 4.69) is 32.2 Å². The zero-order chi connectivity index (χ0) is 16.9. The predicted molar refractivity (Wildman–Crippen MR) is 95.2 cm³/mol. The first-order valence-corrected chi connectivity index (χ1v) is 9.08. The summed E-state index contributed by atoms with van der Waals surface area (Å²) >= 11 is 1.65. The Balaban J connectivity index is 1.83. The Hall–Kier alpha value is -1.49. The van der Waals surface area contributed by atoms with Gasteiger partial charge in [-0.1, -0.05) is 45.0 Å². The molecule has 5 heteroatoms. The van der Waals surface area contributed by atoms with Crippen molar-refractivity contribution in [2.24, 2.45) is 0 Å². The van der Waals surface area contributed by atoms with Crippen LogP contribution in [0.4, 0.5) is 0 Å². The highest BCUT2D eigenvalue weighted by atomic mass is 32.2. The van der Waals surface area contributed by atoms with E-state index >= 15 is 0 Å². The van der Waals surface area contributed by atoms with Gasteiger partial charge in [-0.05, 0) is 17.5 Å². The van der Waals surface area contributed by atoms with Crippen molar-refractivity contribution >= 4 is 23.6 Å². The van der Waals surface area contributed by atoms with Crippen LogP contribution in [0.25, 0.3) is 0 Å². The summed E-state index contributed by atoms with van der Waals surface area (Å²) in [6.07, 6.45) is 1.63. The number of thioether (sulfide) groups is 1. The van der Waals surface area contributed by atoms with Crippen LogP contribution in [0.1, 0.15) is 44.7 Å². The predicted octanol–water partition coefficient (Wildman–Crippen LogP) is 2.96. The fourth-order valence-electron chi connectivity index (χ4n) is 2.46. The second kappa shape index (κ2) is 7.86. The Kier molecular flexibility index (Phi) is 6.10. The molecule has 1 aromatic rings. The quantitative estimate of drug-likeness (QED) is 0.870. The van der Waals surface area contributed by atoms with Crippen LogP contribution in [0.15, 0.2) is 24.3 Å². The SMILES string of the molecule is CC(C)(C)SCC(=O)NCc1cccc(CN2CCCC2=O)c1. The van der Waals surface area contributed by atoms with Crippen molar-refractivity contribution in [1.82, 2.24) is 10.2 Å². The third-order valence-corrected chi connectivity index (χ3v) is 4.93. The van der Waals surface area contributed by atoms with Crippen molar-refractivity contribution in [3.63, 3.8) is 0 Å². The molecule has 2 rings (SSSR count). The van der Waals surface area contributed by atoms with E-state index in [1.165, 1.54) is 0 Å². The molecule has 1 heterocycles. The summed E-state index contributed by atoms with van der Waals surface area (Å²) in [5, 5.41) is 2.96. The number of likely N-dealkylation sites (tertiary alicyclic amines) is 1. The van der Waals surface area contributed by atoms with Gasteiger partial charge in [-0.25, -0.2) is 0 Å². The molecule has 23 heavy (non-hydrogen) atoms. The first-order chi connectivity index (χ1) is 10.8. The molecule has 126 valence electrons. The third-order valence-electron chi connectivity index (χ3n) is 3.66. The summed E-state index contributed by atoms with van der Waals surface area (Å²) in [4.78, 5) is 25.5. The molecule has 4 nitrogen and oxygen atoms in total. The van der Waals surface area contributed by atoms with Crippen molar-refractivity contribution in [3.8, 4) is 0 Å². The molecule has 1 fully saturated rings. The molecular formula is C18H26N2O2S. The van der Waals surface area contributed by atoms with E-state index in [0.29, 0.717) is 25.3 Å². The average molecular weight is 334 g/mol. The molecule has 0 atom stereocenters. The average Bonchev–Trinajstić information content (AvgIpc) is 2.88. The number of hydrogen-bond acceptors (Lipinski definition) is 3. The van der Waals surface area contributed by atoms with Gasteiger partial charge < -0.3 is 10.2 Å². The van der Waals surface area contributed by atoms with Gasteiger partial charge in [0.25, 0.3) is 0 Å². The molecule has 0 aromatic heterocycles. The molecule has 0 aliphatic carbocycles. The summed E-state index contributed by atoms with van der Waals surface area (Å²) in [6.45, 7) is 8.37. The normalized spacial score (nSPS) is 15.1. The van der Waals surface area contributed by atoms with Gasteiger partial charge in [-0.15, -0.1) is 11.8 Å². The standard InChI is InChI=1S/C18H26N2O2S/c1-18(2,3)23-13-16(21)19-11-14-6-4-7-15(10-14)12-20-9-5-8-17(20)22/h4,6-7,10H,5,8-9,11-13H2,1-3H3,(H,19,21). The summed E-state index contributed by atoms with van der Waals surface area (Å²) in [6, 6.07) is 8.10. The van der Waals surface area contributed by atoms with Crippen LogP contribution >= 0.6 is 11.8 Å². The lowest BCUT2D eigenvalue weighted by atomic mass is 10.1. The van der Waals surface area contributed by atoms with Crippen molar-refractivity contribution in [2.75, 3.05) is 12.3 Å². The summed E-state index contributed by atoms with van der Waals surface area (Å²) in [5.74, 6) is 0.777. The van der Waals surface area contributed by atoms with Crippen LogP contribution in [-0.2, 0) is 22.7 Å². The Bertz CT molecular complexity index is 566. The summed E-state index contributed by atoms with van der Waals surface area (Å²) < 4.78 is 0.0967. The van der Waals surface area contributed by atoms with Gasteiger partial charge >= 0.3 is 0 Å². The molecule has 0 spiro atoms. The minimum absolute atomic E-state index is 0.0602. The van der Waals surface area contributed by atoms with Crippen molar-refractivity contribution < 1.29 is 9.59 Å². The van der Waals surface area contributed by atoms with E-state index in [4.69, 9.17) is 0 Å². The number of hydrogen-bond donors (Lipinski definition) is 1. The minimum atomic E-state index is 0.0602. The third kappa shape index (κ3) is 6.26. The zero-order valence-corrected chi connectivity index (χ0v) is 15.0. The van der Waals surface area contributed by atoms with Gasteiger partial charge in [0.15, 0.2) is 0 Å². The van der Waals surface area contributed by atoms with Gasteiger partial charge in [0.05, 0.1) is 5.75 Å². The van der Waals surface area contributed by atoms with E-state index in [9.17, 15) is 9.59 Å². The van der Waals surface area contributed by atoms with E-state index in [1.54, 1.807) is 11.8 Å². The van der Waals surface area contributed by atoms with Crippen LogP contribution in [0.5, 0.6) is 0 Å². The van der Waals surface area contributed by atoms with Crippen LogP contribution in [-0.4, -0.2) is 33.8 Å². The van der Waals surface area contributed by atoms with E-state index in [1.807, 2.05) is 23.1 Å². The van der Waals surface area contributed by atoms with Crippen molar-refractivity contribution in [1.29, 1.82) is 0 Å². The zero-order valence-electron chi connectivity index (χ0n) is 14.2. The number of benzene rings is 1. The van der Waals surface area contributed by atoms with Gasteiger partial charge in [-0.2, -0.15) is 0 Å². The second-order valence-electron chi connectivity index (χ2n) is 6.92. The highest BCUT2D eigenvalue weighted by Crippen LogP contribution is 2.22. The number of amides is 2. The molecule has 2 amide bonds. The minimum Gasteiger partial charge on any atom is -0.351 e. The smallest absolute Gasteiger partial charge is 0.230 e. The molecule has 1 aliphatic heterocycles. The van der Waals surface area contributed by atoms with E-state index < -0.39 is 0 Å². The molecule has 0 saturated carbocycles. The maximum atomic E-state index is 11.9. The lowest BCUT2D eigenvalue weighted by molar-refractivity contribution is -0.128. The molecule has 0 bridgehead atoms. The highest BCUT2D eigenvalue weighted by molar-refractivity contribution is 8.01. The molecule has 1 aromatic carbocycles. The fraction of sp³-hybridized carbons (Fsp3) is 0.556. The molecule has 0 unspecified atom stereocenters. The summed E-state index contributed by atoms with van der Waals surface area (Å²) in [7, 11) is 0. The maximum Gasteiger partial charge on any atom is 0.230 e. The van der Waals surface area contributed by atoms with Crippen molar-refractivity contribution in [3.05, 3.63) is 35.4 Å². The molecular weight excluding hydrogens is 308 g/mol. The Morgan fingerprint density at radius 1 is 1.30 bits per heavy atom. The van der Waals surface area contributed by atoms with Crippen LogP contribution < -0.4 is 5.32 Å². The van der Waals surface area contributed by atoms with Crippen LogP contribution in [0.3, 0.4) is 0 Å². The van der Waals surface area contributed by atoms with Gasteiger partial charge in [0, 0.05) is 30.8 Å². The van der Waals surface area contributed by atoms with E-state index in [0.717, 1.165) is 24.1 Å². The number of rotatable bonds is 6. The van der Waals surface area contributed by atoms with Crippen molar-refractivity contribution in [2.45, 2.75) is 51.4 Å². The Morgan fingerprint density at radius 2 is 2.04 bits per heavy atom. The first-order valence-electron chi connectivity index (χ1n) is 8.10. The highest BCUT2D eigenvalue weighted by Gasteiger charge is 2.20. The fourth-order valence-corrected chi connectivity index (χ4v) is 3.13. The Labute approximate surface area is 143 Å². The van der Waals surface area contributed by atoms with Crippen LogP contribution in [0.2, 0.25) is 0 Å². The molecule has 1 aliphatic rings. The van der Waals surface area contributed by atoms with Crippen LogP contribution in [0, 0.1) is 0 Å². The molecule has 0 radical (unpaired) electrons. The van der Waals surface area contributed by atoms with Gasteiger partial charge in [0.2, 0.25) is 11.8 Å². The van der Waals surface area contributed by atoms with Gasteiger partial charge in [0.1, 0.15) is 0 Å².